The fraction of sp³-hybridized carbons (Fsp3) is 0.100. The molecule has 0 saturated heterocycles. The summed E-state index contributed by atoms with van der Waals surface area (Å²) >= 11 is 3.34. The Kier molecular flexibility index (Phi) is 3.00. The van der Waals surface area contributed by atoms with Gasteiger partial charge < -0.3 is 5.11 Å². The fourth-order valence-corrected chi connectivity index (χ4v) is 1.61. The molecule has 2 aromatic rings. The third-order valence-electron chi connectivity index (χ3n) is 2.04. The van der Waals surface area contributed by atoms with Gasteiger partial charge >= 0.3 is 5.97 Å². The molecule has 0 saturated carbocycles. The van der Waals surface area contributed by atoms with Gasteiger partial charge in [-0.2, -0.15) is 0 Å². The topological polar surface area (TPSA) is 68.0 Å². The maximum absolute atomic E-state index is 10.6. The highest BCUT2D eigenvalue weighted by Gasteiger charge is 2.09. The van der Waals surface area contributed by atoms with Crippen LogP contribution in [0.3, 0.4) is 0 Å². The van der Waals surface area contributed by atoms with Crippen molar-refractivity contribution in [2.24, 2.45) is 0 Å². The lowest BCUT2D eigenvalue weighted by Crippen LogP contribution is -2.11. The summed E-state index contributed by atoms with van der Waals surface area (Å²) in [5.41, 5.74) is 1.57. The van der Waals surface area contributed by atoms with Gasteiger partial charge in [0.1, 0.15) is 6.54 Å². The lowest BCUT2D eigenvalue weighted by atomic mass is 10.2. The smallest absolute Gasteiger partial charge is 0.325 e. The number of aromatic nitrogens is 3. The quantitative estimate of drug-likeness (QED) is 0.932. The summed E-state index contributed by atoms with van der Waals surface area (Å²) in [4.78, 5) is 10.6. The highest BCUT2D eigenvalue weighted by molar-refractivity contribution is 9.10. The van der Waals surface area contributed by atoms with Crippen molar-refractivity contribution in [3.05, 3.63) is 34.9 Å². The maximum Gasteiger partial charge on any atom is 0.325 e. The summed E-state index contributed by atoms with van der Waals surface area (Å²) in [6.07, 6.45) is 1.55. The molecule has 1 N–H and O–H groups in total. The molecule has 0 unspecified atom stereocenters. The standard InChI is InChI=1S/C10H8BrN3O2/c11-8-3-1-7(2-4-8)9-5-12-13-14(9)6-10(15)16/h1-5H,6H2,(H,15,16). The van der Waals surface area contributed by atoms with Crippen LogP contribution >= 0.6 is 15.9 Å². The Morgan fingerprint density at radius 1 is 1.38 bits per heavy atom. The molecular weight excluding hydrogens is 274 g/mol. The molecular formula is C10H8BrN3O2. The van der Waals surface area contributed by atoms with Crippen molar-refractivity contribution in [3.8, 4) is 11.3 Å². The largest absolute Gasteiger partial charge is 0.480 e. The summed E-state index contributed by atoms with van der Waals surface area (Å²) < 4.78 is 2.32. The third-order valence-corrected chi connectivity index (χ3v) is 2.57. The van der Waals surface area contributed by atoms with Crippen molar-refractivity contribution in [3.63, 3.8) is 0 Å². The van der Waals surface area contributed by atoms with Crippen molar-refractivity contribution in [2.75, 3.05) is 0 Å². The SMILES string of the molecule is O=C(O)Cn1nncc1-c1ccc(Br)cc1. The van der Waals surface area contributed by atoms with Crippen molar-refractivity contribution < 1.29 is 9.90 Å². The molecule has 0 fully saturated rings. The summed E-state index contributed by atoms with van der Waals surface area (Å²) in [7, 11) is 0. The molecule has 0 radical (unpaired) electrons. The van der Waals surface area contributed by atoms with E-state index in [0.717, 1.165) is 10.0 Å². The highest BCUT2D eigenvalue weighted by Crippen LogP contribution is 2.20. The molecule has 0 bridgehead atoms. The Bertz CT molecular complexity index is 507. The first-order chi connectivity index (χ1) is 7.66. The van der Waals surface area contributed by atoms with Gasteiger partial charge in [-0.3, -0.25) is 4.79 Å². The molecule has 0 atom stereocenters. The fourth-order valence-electron chi connectivity index (χ4n) is 1.35. The second kappa shape index (κ2) is 4.44. The van der Waals surface area contributed by atoms with Crippen molar-refractivity contribution in [1.82, 2.24) is 15.0 Å². The third kappa shape index (κ3) is 2.27. The van der Waals surface area contributed by atoms with Crippen molar-refractivity contribution in [2.45, 2.75) is 6.54 Å². The van der Waals surface area contributed by atoms with E-state index in [1.807, 2.05) is 24.3 Å². The van der Waals surface area contributed by atoms with Crippen molar-refractivity contribution in [1.29, 1.82) is 0 Å². The molecule has 16 heavy (non-hydrogen) atoms. The zero-order valence-corrected chi connectivity index (χ0v) is 9.75. The van der Waals surface area contributed by atoms with E-state index in [1.165, 1.54) is 4.68 Å². The number of halogens is 1. The number of rotatable bonds is 3. The van der Waals surface area contributed by atoms with Gasteiger partial charge in [-0.25, -0.2) is 4.68 Å². The average Bonchev–Trinajstić information content (AvgIpc) is 2.66. The zero-order chi connectivity index (χ0) is 11.5. The van der Waals surface area contributed by atoms with Crippen molar-refractivity contribution >= 4 is 21.9 Å². The van der Waals surface area contributed by atoms with Gasteiger partial charge in [0, 0.05) is 10.0 Å². The molecule has 1 aromatic carbocycles. The monoisotopic (exact) mass is 281 g/mol. The van der Waals surface area contributed by atoms with Gasteiger partial charge in [0.05, 0.1) is 11.9 Å². The molecule has 0 aliphatic heterocycles. The van der Waals surface area contributed by atoms with E-state index in [0.29, 0.717) is 5.69 Å². The Labute approximate surface area is 99.8 Å². The Balaban J connectivity index is 2.36. The molecule has 0 aliphatic rings. The van der Waals surface area contributed by atoms with Crippen LogP contribution in [0, 0.1) is 0 Å². The number of aliphatic carboxylic acids is 1. The van der Waals surface area contributed by atoms with Gasteiger partial charge in [-0.15, -0.1) is 5.10 Å². The number of carboxylic acids is 1. The van der Waals surface area contributed by atoms with Gasteiger partial charge in [0.15, 0.2) is 0 Å². The van der Waals surface area contributed by atoms with E-state index >= 15 is 0 Å². The van der Waals surface area contributed by atoms with Crippen LogP contribution in [-0.4, -0.2) is 26.1 Å². The van der Waals surface area contributed by atoms with E-state index in [-0.39, 0.29) is 6.54 Å². The number of carbonyl (C=O) groups is 1. The van der Waals surface area contributed by atoms with Crippen LogP contribution in [0.2, 0.25) is 0 Å². The van der Waals surface area contributed by atoms with Gasteiger partial charge in [0.2, 0.25) is 0 Å². The number of carboxylic acid groups (broad SMARTS) is 1. The van der Waals surface area contributed by atoms with E-state index < -0.39 is 5.97 Å². The second-order valence-electron chi connectivity index (χ2n) is 3.18. The van der Waals surface area contributed by atoms with Gasteiger partial charge in [0.25, 0.3) is 0 Å². The Morgan fingerprint density at radius 2 is 2.06 bits per heavy atom. The first kappa shape index (κ1) is 10.8. The molecule has 1 aromatic heterocycles. The lowest BCUT2D eigenvalue weighted by Gasteiger charge is -2.03. The number of benzene rings is 1. The summed E-state index contributed by atoms with van der Waals surface area (Å²) in [6.45, 7) is -0.189. The first-order valence-corrected chi connectivity index (χ1v) is 5.32. The molecule has 5 nitrogen and oxygen atoms in total. The predicted molar refractivity (Wildman–Crippen MR) is 60.8 cm³/mol. The van der Waals surface area contributed by atoms with Crippen LogP contribution in [0.25, 0.3) is 11.3 Å². The summed E-state index contributed by atoms with van der Waals surface area (Å²) in [5.74, 6) is -0.941. The minimum Gasteiger partial charge on any atom is -0.480 e. The molecule has 2 rings (SSSR count). The Morgan fingerprint density at radius 3 is 2.69 bits per heavy atom. The molecule has 0 aliphatic carbocycles. The Hall–Kier alpha value is -1.69. The van der Waals surface area contributed by atoms with Crippen LogP contribution in [-0.2, 0) is 11.3 Å². The van der Waals surface area contributed by atoms with Crippen LogP contribution in [0.4, 0.5) is 0 Å². The van der Waals surface area contributed by atoms with Crippen LogP contribution in [0.15, 0.2) is 34.9 Å². The molecule has 0 spiro atoms. The molecule has 6 heteroatoms. The van der Waals surface area contributed by atoms with Crippen LogP contribution in [0.1, 0.15) is 0 Å². The minimum absolute atomic E-state index is 0.189. The van der Waals surface area contributed by atoms with Gasteiger partial charge in [-0.05, 0) is 12.1 Å². The average molecular weight is 282 g/mol. The van der Waals surface area contributed by atoms with Gasteiger partial charge in [-0.1, -0.05) is 33.3 Å². The predicted octanol–water partition coefficient (Wildman–Crippen LogP) is 1.79. The maximum atomic E-state index is 10.6. The van der Waals surface area contributed by atoms with E-state index in [4.69, 9.17) is 5.11 Å². The zero-order valence-electron chi connectivity index (χ0n) is 8.17. The van der Waals surface area contributed by atoms with E-state index in [1.54, 1.807) is 6.20 Å². The minimum atomic E-state index is -0.941. The summed E-state index contributed by atoms with van der Waals surface area (Å²) in [6, 6.07) is 7.52. The molecule has 0 amide bonds. The molecule has 82 valence electrons. The van der Waals surface area contributed by atoms with Crippen LogP contribution in [0.5, 0.6) is 0 Å². The molecule has 1 heterocycles. The lowest BCUT2D eigenvalue weighted by molar-refractivity contribution is -0.137. The highest BCUT2D eigenvalue weighted by atomic mass is 79.9. The number of nitrogens with zero attached hydrogens (tertiary/aromatic N) is 3. The second-order valence-corrected chi connectivity index (χ2v) is 4.09. The number of hydrogen-bond donors (Lipinski definition) is 1. The normalized spacial score (nSPS) is 10.3. The summed E-state index contributed by atoms with van der Waals surface area (Å²) in [5, 5.41) is 16.1. The van der Waals surface area contributed by atoms with E-state index in [9.17, 15) is 4.79 Å². The number of hydrogen-bond acceptors (Lipinski definition) is 3. The van der Waals surface area contributed by atoms with E-state index in [2.05, 4.69) is 26.2 Å². The first-order valence-electron chi connectivity index (χ1n) is 4.53. The van der Waals surface area contributed by atoms with Crippen LogP contribution < -0.4 is 0 Å².